The second-order valence-corrected chi connectivity index (χ2v) is 9.18. The van der Waals surface area contributed by atoms with Crippen molar-refractivity contribution in [3.05, 3.63) is 93.8 Å². The highest BCUT2D eigenvalue weighted by Gasteiger charge is 2.48. The molecule has 0 bridgehead atoms. The van der Waals surface area contributed by atoms with Gasteiger partial charge >= 0.3 is 11.9 Å². The molecule has 0 spiro atoms. The zero-order chi connectivity index (χ0) is 26.9. The smallest absolute Gasteiger partial charge is 0.350 e. The molecule has 1 saturated heterocycles. The van der Waals surface area contributed by atoms with E-state index in [9.17, 15) is 23.9 Å². The number of esters is 1. The second-order valence-electron chi connectivity index (χ2n) is 8.20. The van der Waals surface area contributed by atoms with E-state index in [0.717, 1.165) is 16.2 Å². The van der Waals surface area contributed by atoms with Crippen LogP contribution in [-0.4, -0.2) is 41.5 Å². The number of anilines is 1. The lowest BCUT2D eigenvalue weighted by molar-refractivity contribution is -0.132. The summed E-state index contributed by atoms with van der Waals surface area (Å²) in [6.07, 6.45) is 1.42. The van der Waals surface area contributed by atoms with Crippen molar-refractivity contribution in [1.29, 1.82) is 0 Å². The molecule has 2 aromatic carbocycles. The van der Waals surface area contributed by atoms with E-state index < -0.39 is 35.3 Å². The highest BCUT2D eigenvalue weighted by molar-refractivity contribution is 7.17. The van der Waals surface area contributed by atoms with Gasteiger partial charge in [-0.1, -0.05) is 36.1 Å². The van der Waals surface area contributed by atoms with Gasteiger partial charge in [-0.2, -0.15) is 0 Å². The highest BCUT2D eigenvalue weighted by Crippen LogP contribution is 2.44. The van der Waals surface area contributed by atoms with Crippen LogP contribution in [0.4, 0.5) is 9.52 Å². The maximum Gasteiger partial charge on any atom is 0.350 e. The molecule has 4 rings (SSSR count). The predicted molar refractivity (Wildman–Crippen MR) is 136 cm³/mol. The fourth-order valence-corrected chi connectivity index (χ4v) is 5.03. The minimum absolute atomic E-state index is 0.00707. The first-order chi connectivity index (χ1) is 17.7. The Labute approximate surface area is 216 Å². The molecule has 3 aromatic rings. The van der Waals surface area contributed by atoms with E-state index in [2.05, 4.69) is 11.6 Å². The number of hydrogen-bond acceptors (Lipinski definition) is 8. The molecule has 1 aromatic heterocycles. The number of benzene rings is 2. The van der Waals surface area contributed by atoms with Gasteiger partial charge in [0.15, 0.2) is 5.13 Å². The zero-order valence-electron chi connectivity index (χ0n) is 20.3. The topological polar surface area (TPSA) is 106 Å². The van der Waals surface area contributed by atoms with Crippen LogP contribution in [0.25, 0.3) is 5.76 Å². The third-order valence-electron chi connectivity index (χ3n) is 5.81. The van der Waals surface area contributed by atoms with Crippen molar-refractivity contribution in [2.75, 3.05) is 18.6 Å². The molecule has 0 saturated carbocycles. The molecular weight excluding hydrogens is 499 g/mol. The molecule has 0 radical (unpaired) electrons. The van der Waals surface area contributed by atoms with Crippen LogP contribution in [0.15, 0.2) is 60.7 Å². The number of thiazole rings is 1. The number of aliphatic hydroxyl groups excluding tert-OH is 1. The number of rotatable bonds is 7. The summed E-state index contributed by atoms with van der Waals surface area (Å²) < 4.78 is 24.1. The minimum atomic E-state index is -1.12. The Kier molecular flexibility index (Phi) is 7.21. The van der Waals surface area contributed by atoms with Gasteiger partial charge in [0.2, 0.25) is 0 Å². The van der Waals surface area contributed by atoms with E-state index in [1.165, 1.54) is 37.5 Å². The third kappa shape index (κ3) is 4.75. The maximum atomic E-state index is 13.7. The first-order valence-electron chi connectivity index (χ1n) is 11.1. The van der Waals surface area contributed by atoms with E-state index >= 15 is 0 Å². The van der Waals surface area contributed by atoms with Crippen LogP contribution in [0.2, 0.25) is 0 Å². The molecule has 2 heterocycles. The first-order valence-corrected chi connectivity index (χ1v) is 12.0. The van der Waals surface area contributed by atoms with Crippen molar-refractivity contribution in [2.45, 2.75) is 19.9 Å². The van der Waals surface area contributed by atoms with E-state index in [0.29, 0.717) is 28.1 Å². The Morgan fingerprint density at radius 1 is 1.22 bits per heavy atom. The van der Waals surface area contributed by atoms with Crippen molar-refractivity contribution < 1.29 is 33.4 Å². The monoisotopic (exact) mass is 522 g/mol. The number of ether oxygens (including phenoxy) is 2. The number of amides is 1. The number of halogens is 1. The number of carbonyl (C=O) groups excluding carboxylic acids is 3. The number of Topliss-reactive ketones (excluding diaryl/α,β-unsaturated/α-hetero) is 1. The summed E-state index contributed by atoms with van der Waals surface area (Å²) >= 11 is 0.878. The molecule has 190 valence electrons. The van der Waals surface area contributed by atoms with Crippen molar-refractivity contribution in [3.8, 4) is 5.75 Å². The van der Waals surface area contributed by atoms with Gasteiger partial charge in [-0.3, -0.25) is 14.5 Å². The van der Waals surface area contributed by atoms with E-state index in [4.69, 9.17) is 9.47 Å². The van der Waals surface area contributed by atoms with E-state index in [1.807, 2.05) is 0 Å². The van der Waals surface area contributed by atoms with Gasteiger partial charge in [-0.25, -0.2) is 14.2 Å². The quantitative estimate of drug-likeness (QED) is 0.155. The standard InChI is InChI=1S/C27H23FN2O6S/c1-5-12-36-26(34)24-15(3)29-27(37-24)30-21(16-6-9-18(28)10-7-16)20(23(32)25(30)33)22(31)17-8-11-19(35-4)14(2)13-17/h5-11,13,21,31H,1,12H2,2-4H3/t21-/m1/s1. The SMILES string of the molecule is C=CCOC(=O)c1sc(N2C(=O)C(=O)C(=C(O)c3ccc(OC)c(C)c3)[C@H]2c2ccc(F)cc2)nc1C. The summed E-state index contributed by atoms with van der Waals surface area (Å²) in [7, 11) is 1.51. The van der Waals surface area contributed by atoms with Gasteiger partial charge in [0.1, 0.15) is 28.8 Å². The predicted octanol–water partition coefficient (Wildman–Crippen LogP) is 4.88. The third-order valence-corrected chi connectivity index (χ3v) is 6.94. The number of nitrogens with zero attached hydrogens (tertiary/aromatic N) is 2. The van der Waals surface area contributed by atoms with Crippen molar-refractivity contribution in [3.63, 3.8) is 0 Å². The summed E-state index contributed by atoms with van der Waals surface area (Å²) in [5.74, 6) is -2.86. The van der Waals surface area contributed by atoms with Crippen molar-refractivity contribution in [1.82, 2.24) is 4.98 Å². The lowest BCUT2D eigenvalue weighted by Crippen LogP contribution is -2.29. The minimum Gasteiger partial charge on any atom is -0.507 e. The number of hydrogen-bond donors (Lipinski definition) is 1. The number of aryl methyl sites for hydroxylation is 2. The highest BCUT2D eigenvalue weighted by atomic mass is 32.1. The average molecular weight is 523 g/mol. The Balaban J connectivity index is 1.88. The summed E-state index contributed by atoms with van der Waals surface area (Å²) in [5, 5.41) is 11.3. The molecule has 0 unspecified atom stereocenters. The largest absolute Gasteiger partial charge is 0.507 e. The molecule has 10 heteroatoms. The van der Waals surface area contributed by atoms with Crippen LogP contribution in [0.3, 0.4) is 0 Å². The molecule has 1 amide bonds. The van der Waals surface area contributed by atoms with Crippen LogP contribution in [0, 0.1) is 19.7 Å². The molecule has 1 aliphatic heterocycles. The van der Waals surface area contributed by atoms with Gasteiger partial charge in [-0.05, 0) is 55.3 Å². The van der Waals surface area contributed by atoms with Crippen LogP contribution < -0.4 is 9.64 Å². The fourth-order valence-electron chi connectivity index (χ4n) is 4.05. The average Bonchev–Trinajstić information content (AvgIpc) is 3.39. The molecule has 1 fully saturated rings. The number of methoxy groups -OCH3 is 1. The van der Waals surface area contributed by atoms with Gasteiger partial charge < -0.3 is 14.6 Å². The number of ketones is 1. The normalized spacial score (nSPS) is 16.6. The van der Waals surface area contributed by atoms with Crippen LogP contribution in [0.5, 0.6) is 5.75 Å². The Morgan fingerprint density at radius 3 is 2.54 bits per heavy atom. The lowest BCUT2D eigenvalue weighted by atomic mass is 9.95. The van der Waals surface area contributed by atoms with E-state index in [-0.39, 0.29) is 22.2 Å². The summed E-state index contributed by atoms with van der Waals surface area (Å²) in [6.45, 7) is 6.85. The van der Waals surface area contributed by atoms with Crippen molar-refractivity contribution in [2.24, 2.45) is 0 Å². The molecular formula is C27H23FN2O6S. The van der Waals surface area contributed by atoms with Crippen LogP contribution >= 0.6 is 11.3 Å². The second kappa shape index (κ2) is 10.4. The summed E-state index contributed by atoms with van der Waals surface area (Å²) in [5.41, 5.74) is 1.49. The number of carbonyl (C=O) groups is 3. The van der Waals surface area contributed by atoms with Crippen LogP contribution in [-0.2, 0) is 14.3 Å². The van der Waals surface area contributed by atoms with E-state index in [1.54, 1.807) is 32.0 Å². The molecule has 1 N–H and O–H groups in total. The van der Waals surface area contributed by atoms with Crippen LogP contribution in [0.1, 0.15) is 38.1 Å². The number of aliphatic hydroxyl groups is 1. The number of aromatic nitrogens is 1. The van der Waals surface area contributed by atoms with Gasteiger partial charge in [0.25, 0.3) is 5.78 Å². The summed E-state index contributed by atoms with van der Waals surface area (Å²) in [4.78, 5) is 44.7. The van der Waals surface area contributed by atoms with Gasteiger partial charge in [0, 0.05) is 5.56 Å². The fraction of sp³-hybridized carbons (Fsp3) is 0.185. The Bertz CT molecular complexity index is 1440. The molecule has 8 nitrogen and oxygen atoms in total. The molecule has 1 aliphatic rings. The first kappa shape index (κ1) is 25.8. The van der Waals surface area contributed by atoms with Gasteiger partial charge in [0.05, 0.1) is 24.4 Å². The Hall–Kier alpha value is -4.31. The zero-order valence-corrected chi connectivity index (χ0v) is 21.1. The Morgan fingerprint density at radius 2 is 1.92 bits per heavy atom. The summed E-state index contributed by atoms with van der Waals surface area (Å²) in [6, 6.07) is 8.94. The molecule has 37 heavy (non-hydrogen) atoms. The maximum absolute atomic E-state index is 13.7. The lowest BCUT2D eigenvalue weighted by Gasteiger charge is -2.23. The van der Waals surface area contributed by atoms with Gasteiger partial charge in [-0.15, -0.1) is 0 Å². The molecule has 0 aliphatic carbocycles. The van der Waals surface area contributed by atoms with Crippen molar-refractivity contribution >= 4 is 39.9 Å². The molecule has 1 atom stereocenters.